The minimum Gasteiger partial charge on any atom is -0.461 e. The molecule has 18 heavy (non-hydrogen) atoms. The van der Waals surface area contributed by atoms with Crippen LogP contribution in [0.5, 0.6) is 0 Å². The molecule has 2 aromatic carbocycles. The fraction of sp³-hybridized carbons (Fsp3) is 0.125. The van der Waals surface area contributed by atoms with E-state index in [1.165, 1.54) is 0 Å². The fourth-order valence-electron chi connectivity index (χ4n) is 1.60. The average molecular weight is 239 g/mol. The summed E-state index contributed by atoms with van der Waals surface area (Å²) in [5.74, 6) is -0.275. The summed E-state index contributed by atoms with van der Waals surface area (Å²) in [5.41, 5.74) is 2.10. The van der Waals surface area contributed by atoms with E-state index in [1.807, 2.05) is 60.7 Å². The minimum atomic E-state index is -0.275. The molecule has 0 aliphatic heterocycles. The van der Waals surface area contributed by atoms with E-state index in [0.717, 1.165) is 11.1 Å². The van der Waals surface area contributed by atoms with E-state index in [1.54, 1.807) is 6.42 Å². The van der Waals surface area contributed by atoms with Gasteiger partial charge in [-0.25, -0.2) is 0 Å². The molecule has 0 amide bonds. The predicted molar refractivity (Wildman–Crippen MR) is 70.7 cm³/mol. The van der Waals surface area contributed by atoms with E-state index >= 15 is 0 Å². The molecule has 0 atom stereocenters. The molecule has 0 spiro atoms. The standard InChI is InChI=1S/C16H15O2/c17-16(12-11-14-7-3-1-4-8-14)18-13-15-9-5-2-6-10-15/h1-10,12H,11,13H2. The van der Waals surface area contributed by atoms with Gasteiger partial charge in [-0.05, 0) is 17.5 Å². The van der Waals surface area contributed by atoms with Crippen molar-refractivity contribution in [2.24, 2.45) is 0 Å². The Morgan fingerprint density at radius 2 is 1.44 bits per heavy atom. The number of rotatable bonds is 5. The van der Waals surface area contributed by atoms with E-state index < -0.39 is 0 Å². The highest BCUT2D eigenvalue weighted by Crippen LogP contribution is 2.05. The smallest absolute Gasteiger partial charge is 0.310 e. The molecule has 0 aliphatic carbocycles. The minimum absolute atomic E-state index is 0.275. The SMILES string of the molecule is O=C([CH]Cc1ccccc1)OCc1ccccc1. The molecule has 2 rings (SSSR count). The van der Waals surface area contributed by atoms with E-state index in [4.69, 9.17) is 4.74 Å². The predicted octanol–water partition coefficient (Wildman–Crippen LogP) is 3.18. The highest BCUT2D eigenvalue weighted by atomic mass is 16.5. The number of esters is 1. The van der Waals surface area contributed by atoms with Gasteiger partial charge in [-0.2, -0.15) is 0 Å². The zero-order chi connectivity index (χ0) is 12.6. The van der Waals surface area contributed by atoms with Gasteiger partial charge in [-0.15, -0.1) is 0 Å². The first-order valence-corrected chi connectivity index (χ1v) is 5.92. The summed E-state index contributed by atoms with van der Waals surface area (Å²) in [4.78, 5) is 11.5. The van der Waals surface area contributed by atoms with Crippen LogP contribution >= 0.6 is 0 Å². The number of ether oxygens (including phenoxy) is 1. The Hall–Kier alpha value is -2.09. The van der Waals surface area contributed by atoms with Gasteiger partial charge in [0, 0.05) is 0 Å². The summed E-state index contributed by atoms with van der Waals surface area (Å²) < 4.78 is 5.16. The van der Waals surface area contributed by atoms with Gasteiger partial charge in [0.25, 0.3) is 0 Å². The summed E-state index contributed by atoms with van der Waals surface area (Å²) in [5, 5.41) is 0. The molecule has 1 radical (unpaired) electrons. The number of carbonyl (C=O) groups is 1. The second-order valence-electron chi connectivity index (χ2n) is 3.99. The Morgan fingerprint density at radius 3 is 2.06 bits per heavy atom. The van der Waals surface area contributed by atoms with Gasteiger partial charge in [-0.3, -0.25) is 4.79 Å². The van der Waals surface area contributed by atoms with Crippen molar-refractivity contribution in [2.75, 3.05) is 0 Å². The van der Waals surface area contributed by atoms with Crippen LogP contribution in [-0.2, 0) is 22.6 Å². The molecule has 0 bridgehead atoms. The third-order valence-corrected chi connectivity index (χ3v) is 2.57. The van der Waals surface area contributed by atoms with Crippen LogP contribution in [-0.4, -0.2) is 5.97 Å². The monoisotopic (exact) mass is 239 g/mol. The highest BCUT2D eigenvalue weighted by molar-refractivity contribution is 5.79. The van der Waals surface area contributed by atoms with Crippen molar-refractivity contribution < 1.29 is 9.53 Å². The number of carbonyl (C=O) groups excluding carboxylic acids is 1. The van der Waals surface area contributed by atoms with Gasteiger partial charge in [0.05, 0.1) is 6.42 Å². The first-order valence-electron chi connectivity index (χ1n) is 5.92. The molecular formula is C16H15O2. The first kappa shape index (κ1) is 12.4. The van der Waals surface area contributed by atoms with Crippen molar-refractivity contribution in [1.29, 1.82) is 0 Å². The van der Waals surface area contributed by atoms with Crippen molar-refractivity contribution >= 4 is 5.97 Å². The van der Waals surface area contributed by atoms with Crippen LogP contribution in [0.25, 0.3) is 0 Å². The van der Waals surface area contributed by atoms with E-state index in [9.17, 15) is 4.79 Å². The van der Waals surface area contributed by atoms with Gasteiger partial charge in [0.15, 0.2) is 0 Å². The summed E-state index contributed by atoms with van der Waals surface area (Å²) in [6.07, 6.45) is 2.17. The highest BCUT2D eigenvalue weighted by Gasteiger charge is 2.04. The molecule has 2 nitrogen and oxygen atoms in total. The molecular weight excluding hydrogens is 224 g/mol. The van der Waals surface area contributed by atoms with E-state index in [2.05, 4.69) is 0 Å². The summed E-state index contributed by atoms with van der Waals surface area (Å²) in [6, 6.07) is 19.5. The van der Waals surface area contributed by atoms with Crippen LogP contribution in [0.1, 0.15) is 11.1 Å². The number of hydrogen-bond donors (Lipinski definition) is 0. The van der Waals surface area contributed by atoms with Crippen molar-refractivity contribution in [3.8, 4) is 0 Å². The summed E-state index contributed by atoms with van der Waals surface area (Å²) in [7, 11) is 0. The van der Waals surface area contributed by atoms with Crippen molar-refractivity contribution in [2.45, 2.75) is 13.0 Å². The van der Waals surface area contributed by atoms with Crippen molar-refractivity contribution in [1.82, 2.24) is 0 Å². The van der Waals surface area contributed by atoms with Gasteiger partial charge in [-0.1, -0.05) is 60.7 Å². The lowest BCUT2D eigenvalue weighted by Crippen LogP contribution is -2.06. The molecule has 0 aliphatic rings. The lowest BCUT2D eigenvalue weighted by atomic mass is 10.1. The topological polar surface area (TPSA) is 26.3 Å². The Labute approximate surface area is 107 Å². The molecule has 91 valence electrons. The Morgan fingerprint density at radius 1 is 0.889 bits per heavy atom. The fourth-order valence-corrected chi connectivity index (χ4v) is 1.60. The largest absolute Gasteiger partial charge is 0.461 e. The maximum absolute atomic E-state index is 11.5. The number of benzene rings is 2. The van der Waals surface area contributed by atoms with Crippen molar-refractivity contribution in [3.63, 3.8) is 0 Å². The van der Waals surface area contributed by atoms with Gasteiger partial charge >= 0.3 is 5.97 Å². The Balaban J connectivity index is 1.73. The molecule has 0 N–H and O–H groups in total. The van der Waals surface area contributed by atoms with Crippen LogP contribution in [0.4, 0.5) is 0 Å². The van der Waals surface area contributed by atoms with E-state index in [-0.39, 0.29) is 5.97 Å². The molecule has 2 aromatic rings. The van der Waals surface area contributed by atoms with Gasteiger partial charge in [0.1, 0.15) is 6.61 Å². The normalized spacial score (nSPS) is 10.0. The van der Waals surface area contributed by atoms with Crippen LogP contribution in [0.15, 0.2) is 60.7 Å². The summed E-state index contributed by atoms with van der Waals surface area (Å²) >= 11 is 0. The van der Waals surface area contributed by atoms with E-state index in [0.29, 0.717) is 13.0 Å². The average Bonchev–Trinajstić information content (AvgIpc) is 2.45. The lowest BCUT2D eigenvalue weighted by Gasteiger charge is -2.04. The maximum Gasteiger partial charge on any atom is 0.310 e. The van der Waals surface area contributed by atoms with Crippen LogP contribution in [0.3, 0.4) is 0 Å². The molecule has 0 saturated heterocycles. The summed E-state index contributed by atoms with van der Waals surface area (Å²) in [6.45, 7) is 0.324. The Kier molecular flexibility index (Phi) is 4.53. The zero-order valence-corrected chi connectivity index (χ0v) is 10.1. The molecule has 2 heteroatoms. The third-order valence-electron chi connectivity index (χ3n) is 2.57. The zero-order valence-electron chi connectivity index (χ0n) is 10.1. The van der Waals surface area contributed by atoms with Gasteiger partial charge < -0.3 is 4.74 Å². The number of hydrogen-bond acceptors (Lipinski definition) is 2. The van der Waals surface area contributed by atoms with Gasteiger partial charge in [0.2, 0.25) is 0 Å². The third kappa shape index (κ3) is 4.06. The second-order valence-corrected chi connectivity index (χ2v) is 3.99. The van der Waals surface area contributed by atoms with Crippen LogP contribution in [0, 0.1) is 6.42 Å². The molecule has 0 heterocycles. The molecule has 0 unspecified atom stereocenters. The quantitative estimate of drug-likeness (QED) is 0.749. The Bertz CT molecular complexity index is 431. The maximum atomic E-state index is 11.5. The van der Waals surface area contributed by atoms with Crippen LogP contribution < -0.4 is 0 Å². The van der Waals surface area contributed by atoms with Crippen molar-refractivity contribution in [3.05, 3.63) is 78.2 Å². The first-order chi connectivity index (χ1) is 8.84. The molecule has 0 aromatic heterocycles. The molecule has 0 saturated carbocycles. The molecule has 0 fully saturated rings. The van der Waals surface area contributed by atoms with Crippen LogP contribution in [0.2, 0.25) is 0 Å². The second kappa shape index (κ2) is 6.60. The lowest BCUT2D eigenvalue weighted by molar-refractivity contribution is -0.140.